The zero-order valence-electron chi connectivity index (χ0n) is 12.3. The van der Waals surface area contributed by atoms with E-state index in [2.05, 4.69) is 0 Å². The van der Waals surface area contributed by atoms with E-state index < -0.39 is 17.6 Å². The van der Waals surface area contributed by atoms with E-state index in [9.17, 15) is 18.0 Å². The highest BCUT2D eigenvalue weighted by atomic mass is 35.5. The van der Waals surface area contributed by atoms with E-state index in [1.165, 1.54) is 4.90 Å². The van der Waals surface area contributed by atoms with Crippen molar-refractivity contribution in [1.82, 2.24) is 4.90 Å². The first-order valence-electron chi connectivity index (χ1n) is 7.36. The summed E-state index contributed by atoms with van der Waals surface area (Å²) in [5.74, 6) is -1.89. The van der Waals surface area contributed by atoms with Crippen LogP contribution in [0.1, 0.15) is 45.4 Å². The second kappa shape index (κ2) is 6.73. The number of rotatable bonds is 1. The maximum Gasteiger partial charge on any atom is 0.393 e. The van der Waals surface area contributed by atoms with Gasteiger partial charge in [-0.25, -0.2) is 0 Å². The summed E-state index contributed by atoms with van der Waals surface area (Å²) in [6.07, 6.45) is -0.292. The van der Waals surface area contributed by atoms with Crippen LogP contribution in [0.4, 0.5) is 13.2 Å². The fraction of sp³-hybridized carbons (Fsp3) is 0.929. The molecule has 0 radical (unpaired) electrons. The third kappa shape index (κ3) is 4.25. The van der Waals surface area contributed by atoms with Crippen LogP contribution in [0.2, 0.25) is 0 Å². The Hall–Kier alpha value is -0.490. The molecule has 2 fully saturated rings. The number of likely N-dealkylation sites (tertiary alicyclic amines) is 1. The topological polar surface area (TPSA) is 46.3 Å². The van der Waals surface area contributed by atoms with Crippen molar-refractivity contribution in [2.45, 2.75) is 57.2 Å². The van der Waals surface area contributed by atoms with Gasteiger partial charge in [0.05, 0.1) is 11.8 Å². The van der Waals surface area contributed by atoms with Crippen LogP contribution in [-0.4, -0.2) is 35.6 Å². The van der Waals surface area contributed by atoms with Crippen molar-refractivity contribution >= 4 is 18.3 Å². The highest BCUT2D eigenvalue weighted by molar-refractivity contribution is 5.85. The van der Waals surface area contributed by atoms with E-state index in [0.29, 0.717) is 19.4 Å². The smallest absolute Gasteiger partial charge is 0.342 e. The van der Waals surface area contributed by atoms with Crippen molar-refractivity contribution in [3.05, 3.63) is 0 Å². The second-order valence-corrected chi connectivity index (χ2v) is 6.47. The molecule has 3 nitrogen and oxygen atoms in total. The Bertz CT molecular complexity index is 374. The minimum Gasteiger partial charge on any atom is -0.342 e. The van der Waals surface area contributed by atoms with Gasteiger partial charge in [0.25, 0.3) is 0 Å². The number of alkyl halides is 3. The molecule has 3 atom stereocenters. The zero-order valence-corrected chi connectivity index (χ0v) is 13.1. The summed E-state index contributed by atoms with van der Waals surface area (Å²) in [5.41, 5.74) is 5.60. The van der Waals surface area contributed by atoms with Gasteiger partial charge in [-0.05, 0) is 32.6 Å². The molecule has 1 heterocycles. The minimum absolute atomic E-state index is 0. The number of halogens is 4. The number of nitrogens with zero attached hydrogens (tertiary/aromatic N) is 1. The Balaban J connectivity index is 0.00000220. The van der Waals surface area contributed by atoms with Crippen LogP contribution >= 0.6 is 12.4 Å². The zero-order chi connectivity index (χ0) is 15.0. The molecule has 1 saturated carbocycles. The predicted molar refractivity (Wildman–Crippen MR) is 77.2 cm³/mol. The Labute approximate surface area is 129 Å². The van der Waals surface area contributed by atoms with Crippen molar-refractivity contribution in [3.8, 4) is 0 Å². The van der Waals surface area contributed by atoms with E-state index in [0.717, 1.165) is 19.3 Å². The second-order valence-electron chi connectivity index (χ2n) is 6.47. The fourth-order valence-corrected chi connectivity index (χ4v) is 3.43. The van der Waals surface area contributed by atoms with Gasteiger partial charge in [-0.2, -0.15) is 13.2 Å². The van der Waals surface area contributed by atoms with Crippen LogP contribution in [0.25, 0.3) is 0 Å². The Morgan fingerprint density at radius 1 is 1.24 bits per heavy atom. The Morgan fingerprint density at radius 3 is 2.48 bits per heavy atom. The molecule has 2 rings (SSSR count). The molecule has 7 heteroatoms. The molecule has 124 valence electrons. The summed E-state index contributed by atoms with van der Waals surface area (Å²) in [6, 6.07) is 0. The standard InChI is InChI=1S/C14H23F3N2O.ClH/c1-13(18)7-3-2-6-11(13)12(20)19-8-4-5-10(9-19)14(15,16)17;/h10-11H,2-9,18H2,1H3;1H. The van der Waals surface area contributed by atoms with Crippen LogP contribution in [0.5, 0.6) is 0 Å². The van der Waals surface area contributed by atoms with Crippen molar-refractivity contribution < 1.29 is 18.0 Å². The SMILES string of the molecule is CC1(N)CCCCC1C(=O)N1CCCC(C(F)(F)F)C1.Cl. The van der Waals surface area contributed by atoms with E-state index in [1.807, 2.05) is 6.92 Å². The van der Waals surface area contributed by atoms with Gasteiger partial charge >= 0.3 is 6.18 Å². The normalized spacial score (nSPS) is 34.2. The monoisotopic (exact) mass is 328 g/mol. The van der Waals surface area contributed by atoms with Crippen molar-refractivity contribution in [2.24, 2.45) is 17.6 Å². The van der Waals surface area contributed by atoms with Gasteiger partial charge in [-0.15, -0.1) is 12.4 Å². The first kappa shape index (κ1) is 18.6. The molecule has 0 aromatic heterocycles. The molecule has 3 unspecified atom stereocenters. The molecule has 21 heavy (non-hydrogen) atoms. The number of hydrogen-bond acceptors (Lipinski definition) is 2. The average Bonchev–Trinajstić information content (AvgIpc) is 2.37. The highest BCUT2D eigenvalue weighted by Gasteiger charge is 2.45. The maximum atomic E-state index is 12.8. The van der Waals surface area contributed by atoms with Crippen LogP contribution in [-0.2, 0) is 4.79 Å². The Kier molecular flexibility index (Phi) is 5.95. The number of piperidine rings is 1. The molecular formula is C14H24ClF3N2O. The molecule has 0 aromatic rings. The molecule has 0 bridgehead atoms. The summed E-state index contributed by atoms with van der Waals surface area (Å²) in [6.45, 7) is 2.08. The van der Waals surface area contributed by atoms with Crippen molar-refractivity contribution in [3.63, 3.8) is 0 Å². The van der Waals surface area contributed by atoms with E-state index in [-0.39, 0.29) is 37.2 Å². The number of nitrogens with two attached hydrogens (primary N) is 1. The van der Waals surface area contributed by atoms with Crippen molar-refractivity contribution in [2.75, 3.05) is 13.1 Å². The molecule has 0 aromatic carbocycles. The van der Waals surface area contributed by atoms with Crippen molar-refractivity contribution in [1.29, 1.82) is 0 Å². The van der Waals surface area contributed by atoms with Gasteiger partial charge in [0.2, 0.25) is 5.91 Å². The van der Waals surface area contributed by atoms with E-state index in [1.54, 1.807) is 0 Å². The lowest BCUT2D eigenvalue weighted by Crippen LogP contribution is -2.55. The van der Waals surface area contributed by atoms with Crippen LogP contribution < -0.4 is 5.73 Å². The maximum absolute atomic E-state index is 12.8. The lowest BCUT2D eigenvalue weighted by atomic mass is 9.73. The summed E-state index contributed by atoms with van der Waals surface area (Å²) < 4.78 is 38.4. The molecule has 1 aliphatic heterocycles. The molecule has 2 N–H and O–H groups in total. The van der Waals surface area contributed by atoms with Gasteiger partial charge < -0.3 is 10.6 Å². The number of hydrogen-bond donors (Lipinski definition) is 1. The molecule has 1 amide bonds. The number of carbonyl (C=O) groups excluding carboxylic acids is 1. The third-order valence-corrected chi connectivity index (χ3v) is 4.75. The first-order valence-corrected chi connectivity index (χ1v) is 7.36. The van der Waals surface area contributed by atoms with Crippen LogP contribution in [0.3, 0.4) is 0 Å². The fourth-order valence-electron chi connectivity index (χ4n) is 3.43. The molecule has 2 aliphatic rings. The molecule has 0 spiro atoms. The van der Waals surface area contributed by atoms with E-state index >= 15 is 0 Å². The third-order valence-electron chi connectivity index (χ3n) is 4.75. The van der Waals surface area contributed by atoms with Crippen LogP contribution in [0, 0.1) is 11.8 Å². The lowest BCUT2D eigenvalue weighted by molar-refractivity contribution is -0.189. The Morgan fingerprint density at radius 2 is 1.90 bits per heavy atom. The van der Waals surface area contributed by atoms with Gasteiger partial charge in [0.15, 0.2) is 0 Å². The molecule has 1 saturated heterocycles. The predicted octanol–water partition coefficient (Wildman–Crippen LogP) is 3.12. The lowest BCUT2D eigenvalue weighted by Gasteiger charge is -2.42. The van der Waals surface area contributed by atoms with E-state index in [4.69, 9.17) is 5.73 Å². The van der Waals surface area contributed by atoms with Gasteiger partial charge in [-0.1, -0.05) is 12.8 Å². The highest BCUT2D eigenvalue weighted by Crippen LogP contribution is 2.36. The number of carbonyl (C=O) groups is 1. The first-order chi connectivity index (χ1) is 9.22. The summed E-state index contributed by atoms with van der Waals surface area (Å²) in [4.78, 5) is 13.9. The van der Waals surface area contributed by atoms with Gasteiger partial charge in [0, 0.05) is 18.6 Å². The summed E-state index contributed by atoms with van der Waals surface area (Å²) >= 11 is 0. The largest absolute Gasteiger partial charge is 0.393 e. The molecule has 1 aliphatic carbocycles. The average molecular weight is 329 g/mol. The van der Waals surface area contributed by atoms with Gasteiger partial charge in [-0.3, -0.25) is 4.79 Å². The van der Waals surface area contributed by atoms with Gasteiger partial charge in [0.1, 0.15) is 0 Å². The summed E-state index contributed by atoms with van der Waals surface area (Å²) in [5, 5.41) is 0. The quantitative estimate of drug-likeness (QED) is 0.804. The number of amides is 1. The minimum atomic E-state index is -4.21. The molecular weight excluding hydrogens is 305 g/mol. The summed E-state index contributed by atoms with van der Waals surface area (Å²) in [7, 11) is 0. The van der Waals surface area contributed by atoms with Crippen LogP contribution in [0.15, 0.2) is 0 Å².